The molecule has 0 aliphatic heterocycles. The van der Waals surface area contributed by atoms with Gasteiger partial charge in [-0.15, -0.1) is 12.8 Å². The molecule has 0 heterocycles. The number of rotatable bonds is 4. The van der Waals surface area contributed by atoms with Crippen molar-refractivity contribution in [3.05, 3.63) is 60.4 Å². The lowest BCUT2D eigenvalue weighted by Crippen LogP contribution is -1.80. The molecule has 0 aliphatic rings. The third kappa shape index (κ3) is 21.8. The van der Waals surface area contributed by atoms with Crippen molar-refractivity contribution in [2.24, 2.45) is 0 Å². The lowest BCUT2D eigenvalue weighted by atomic mass is 10.1. The zero-order valence-electron chi connectivity index (χ0n) is 13.4. The lowest BCUT2D eigenvalue weighted by Gasteiger charge is -1.99. The Morgan fingerprint density at radius 1 is 0.895 bits per heavy atom. The summed E-state index contributed by atoms with van der Waals surface area (Å²) >= 11 is 0. The zero-order valence-corrected chi connectivity index (χ0v) is 13.4. The Morgan fingerprint density at radius 3 is 1.58 bits per heavy atom. The molecule has 0 spiro atoms. The summed E-state index contributed by atoms with van der Waals surface area (Å²) in [5, 5.41) is 8.83. The molecule has 1 N–H and O–H groups in total. The van der Waals surface area contributed by atoms with Crippen LogP contribution in [0.5, 0.6) is 0 Å². The number of allylic oxidation sites excluding steroid dienone is 7. The van der Waals surface area contributed by atoms with Gasteiger partial charge in [0, 0.05) is 0 Å². The van der Waals surface area contributed by atoms with Crippen LogP contribution in [0.2, 0.25) is 0 Å². The molecule has 108 valence electrons. The average Bonchev–Trinajstić information content (AvgIpc) is 2.48. The van der Waals surface area contributed by atoms with Crippen LogP contribution in [0.4, 0.5) is 0 Å². The minimum atomic E-state index is 0.0390. The largest absolute Gasteiger partial charge is 0.509 e. The van der Waals surface area contributed by atoms with E-state index in [1.807, 2.05) is 59.8 Å². The third-order valence-corrected chi connectivity index (χ3v) is 1.50. The van der Waals surface area contributed by atoms with Gasteiger partial charge in [0.15, 0.2) is 0 Å². The quantitative estimate of drug-likeness (QED) is 0.374. The third-order valence-electron chi connectivity index (χ3n) is 1.50. The molecule has 1 heteroatoms. The Balaban J connectivity index is -0.000000163. The van der Waals surface area contributed by atoms with Crippen molar-refractivity contribution in [2.45, 2.75) is 41.5 Å². The maximum Gasteiger partial charge on any atom is 0.108 e. The molecule has 0 unspecified atom stereocenters. The van der Waals surface area contributed by atoms with Crippen LogP contribution in [0.1, 0.15) is 41.5 Å². The van der Waals surface area contributed by atoms with Crippen molar-refractivity contribution < 1.29 is 5.11 Å². The number of terminal acetylenes is 1. The highest BCUT2D eigenvalue weighted by Gasteiger charge is 1.92. The molecule has 0 aromatic rings. The van der Waals surface area contributed by atoms with Crippen molar-refractivity contribution >= 4 is 0 Å². The van der Waals surface area contributed by atoms with Gasteiger partial charge in [-0.1, -0.05) is 65.2 Å². The van der Waals surface area contributed by atoms with Crippen LogP contribution in [-0.4, -0.2) is 5.11 Å². The molecule has 0 amide bonds. The van der Waals surface area contributed by atoms with Crippen LogP contribution in [0.3, 0.4) is 0 Å². The second kappa shape index (κ2) is 25.0. The summed E-state index contributed by atoms with van der Waals surface area (Å²) in [5.74, 6) is 0.0390. The van der Waals surface area contributed by atoms with Crippen LogP contribution in [0, 0.1) is 12.8 Å². The van der Waals surface area contributed by atoms with Crippen LogP contribution in [0.15, 0.2) is 60.4 Å². The van der Waals surface area contributed by atoms with Gasteiger partial charge in [0.2, 0.25) is 0 Å². The van der Waals surface area contributed by atoms with Gasteiger partial charge in [0.25, 0.3) is 0 Å². The Kier molecular flexibility index (Phi) is 34.0. The van der Waals surface area contributed by atoms with E-state index in [4.69, 9.17) is 5.11 Å². The minimum Gasteiger partial charge on any atom is -0.509 e. The summed E-state index contributed by atoms with van der Waals surface area (Å²) in [6.07, 6.45) is 17.1. The fourth-order valence-corrected chi connectivity index (χ4v) is 0.861. The van der Waals surface area contributed by atoms with Gasteiger partial charge >= 0.3 is 0 Å². The number of aliphatic hydroxyl groups is 1. The van der Waals surface area contributed by atoms with Gasteiger partial charge in [-0.2, -0.15) is 0 Å². The van der Waals surface area contributed by atoms with Crippen LogP contribution < -0.4 is 0 Å². The maximum absolute atomic E-state index is 8.83. The molecular formula is C18H30O. The monoisotopic (exact) mass is 262 g/mol. The van der Waals surface area contributed by atoms with E-state index in [-0.39, 0.29) is 5.76 Å². The van der Waals surface area contributed by atoms with E-state index in [2.05, 4.69) is 26.0 Å². The summed E-state index contributed by atoms with van der Waals surface area (Å²) < 4.78 is 0. The molecular weight excluding hydrogens is 232 g/mol. The van der Waals surface area contributed by atoms with E-state index < -0.39 is 0 Å². The average molecular weight is 262 g/mol. The first-order valence-electron chi connectivity index (χ1n) is 6.49. The zero-order chi connectivity index (χ0) is 16.3. The highest BCUT2D eigenvalue weighted by atomic mass is 16.3. The first kappa shape index (κ1) is 25.8. The predicted octanol–water partition coefficient (Wildman–Crippen LogP) is 5.99. The highest BCUT2D eigenvalue weighted by Crippen LogP contribution is 2.11. The standard InChI is InChI=1S/C12H16O.2C2H6.C2H2/c1-5-7-12(6-2)10(3)8-9-11(4)13;3*1-2/h5-9,13H,3-4H2,1-2H3;2*1-2H3;1-2H/b7-5-,9-8-,12-6+;;;. The lowest BCUT2D eigenvalue weighted by molar-refractivity contribution is 0.435. The fourth-order valence-electron chi connectivity index (χ4n) is 0.861. The van der Waals surface area contributed by atoms with Gasteiger partial charge in [0.1, 0.15) is 5.76 Å². The molecule has 19 heavy (non-hydrogen) atoms. The Bertz CT molecular complexity index is 312. The summed E-state index contributed by atoms with van der Waals surface area (Å²) in [5.41, 5.74) is 1.90. The SMILES string of the molecule is C#C.C=C(O)/C=C\C(=C)C(/C=C\C)=C/C.CC.CC. The van der Waals surface area contributed by atoms with Crippen LogP contribution in [0.25, 0.3) is 0 Å². The smallest absolute Gasteiger partial charge is 0.108 e. The Labute approximate surface area is 120 Å². The number of hydrogen-bond donors (Lipinski definition) is 1. The molecule has 0 aromatic carbocycles. The van der Waals surface area contributed by atoms with E-state index in [1.165, 1.54) is 6.08 Å². The normalized spacial score (nSPS) is 9.37. The Morgan fingerprint density at radius 2 is 1.32 bits per heavy atom. The highest BCUT2D eigenvalue weighted by molar-refractivity contribution is 5.44. The van der Waals surface area contributed by atoms with Gasteiger partial charge in [-0.05, 0) is 31.1 Å². The van der Waals surface area contributed by atoms with Crippen molar-refractivity contribution in [3.8, 4) is 12.8 Å². The molecule has 0 rings (SSSR count). The van der Waals surface area contributed by atoms with E-state index in [0.717, 1.165) is 11.1 Å². The molecule has 0 bridgehead atoms. The summed E-state index contributed by atoms with van der Waals surface area (Å²) in [6, 6.07) is 0. The van der Waals surface area contributed by atoms with Crippen molar-refractivity contribution in [3.63, 3.8) is 0 Å². The molecule has 0 fully saturated rings. The van der Waals surface area contributed by atoms with E-state index in [1.54, 1.807) is 6.08 Å². The van der Waals surface area contributed by atoms with Gasteiger partial charge in [-0.25, -0.2) is 0 Å². The number of aliphatic hydroxyl groups excluding tert-OH is 1. The second-order valence-corrected chi connectivity index (χ2v) is 2.59. The molecule has 0 aromatic heterocycles. The minimum absolute atomic E-state index is 0.0390. The topological polar surface area (TPSA) is 20.2 Å². The van der Waals surface area contributed by atoms with Crippen molar-refractivity contribution in [1.82, 2.24) is 0 Å². The first-order valence-corrected chi connectivity index (χ1v) is 6.49. The molecule has 0 aliphatic carbocycles. The summed E-state index contributed by atoms with van der Waals surface area (Å²) in [4.78, 5) is 0. The van der Waals surface area contributed by atoms with Crippen LogP contribution in [-0.2, 0) is 0 Å². The first-order chi connectivity index (χ1) is 9.11. The van der Waals surface area contributed by atoms with Crippen LogP contribution >= 0.6 is 0 Å². The molecule has 1 nitrogen and oxygen atoms in total. The summed E-state index contributed by atoms with van der Waals surface area (Å²) in [7, 11) is 0. The molecule has 0 saturated carbocycles. The maximum atomic E-state index is 8.83. The molecule has 0 saturated heterocycles. The summed E-state index contributed by atoms with van der Waals surface area (Å²) in [6.45, 7) is 19.1. The van der Waals surface area contributed by atoms with E-state index in [0.29, 0.717) is 0 Å². The van der Waals surface area contributed by atoms with E-state index in [9.17, 15) is 0 Å². The molecule has 0 atom stereocenters. The van der Waals surface area contributed by atoms with E-state index >= 15 is 0 Å². The Hall–Kier alpha value is -1.94. The van der Waals surface area contributed by atoms with Crippen molar-refractivity contribution in [2.75, 3.05) is 0 Å². The fraction of sp³-hybridized carbons (Fsp3) is 0.333. The van der Waals surface area contributed by atoms with Gasteiger partial charge in [-0.3, -0.25) is 0 Å². The number of hydrogen-bond acceptors (Lipinski definition) is 1. The van der Waals surface area contributed by atoms with Crippen molar-refractivity contribution in [1.29, 1.82) is 0 Å². The van der Waals surface area contributed by atoms with Gasteiger partial charge < -0.3 is 5.11 Å². The predicted molar refractivity (Wildman–Crippen MR) is 91.2 cm³/mol. The van der Waals surface area contributed by atoms with Gasteiger partial charge in [0.05, 0.1) is 0 Å². The second-order valence-electron chi connectivity index (χ2n) is 2.59. The molecule has 0 radical (unpaired) electrons.